The lowest BCUT2D eigenvalue weighted by molar-refractivity contribution is 0.145. The smallest absolute Gasteiger partial charge is 0.386 e. The molecular weight excluding hydrogens is 230 g/mol. The highest BCUT2D eigenvalue weighted by Crippen LogP contribution is 2.22. The van der Waals surface area contributed by atoms with Crippen molar-refractivity contribution >= 4 is 8.72 Å². The second-order valence-corrected chi connectivity index (χ2v) is 8.94. The third-order valence-corrected chi connectivity index (χ3v) is 6.59. The van der Waals surface area contributed by atoms with Crippen LogP contribution in [0, 0.1) is 11.8 Å². The minimum absolute atomic E-state index is 0.641. The topological polar surface area (TPSA) is 21.7 Å². The van der Waals surface area contributed by atoms with Gasteiger partial charge < -0.3 is 8.85 Å². The monoisotopic (exact) mass is 261 g/mol. The normalized spacial score (nSPS) is 13.1. The Labute approximate surface area is 109 Å². The Morgan fingerprint density at radius 3 is 1.59 bits per heavy atom. The first-order valence-corrected chi connectivity index (χ1v) is 8.74. The molecular formula is C13H31NO2Si. The molecule has 0 aliphatic carbocycles. The maximum Gasteiger partial charge on any atom is 0.427 e. The number of hydrogen-bond donors (Lipinski definition) is 0. The highest BCUT2D eigenvalue weighted by Gasteiger charge is 2.42. The number of hydrogen-bond acceptors (Lipinski definition) is 3. The SMILES string of the molecule is CCC[Si](OC)(OC)N(CC(C)C)CC(C)C. The average Bonchev–Trinajstić information content (AvgIpc) is 2.24. The fraction of sp³-hybridized carbons (Fsp3) is 1.00. The predicted molar refractivity (Wildman–Crippen MR) is 76.1 cm³/mol. The fourth-order valence-corrected chi connectivity index (χ4v) is 5.58. The minimum Gasteiger partial charge on any atom is -0.386 e. The molecule has 0 aromatic heterocycles. The van der Waals surface area contributed by atoms with Crippen molar-refractivity contribution in [3.8, 4) is 0 Å². The van der Waals surface area contributed by atoms with Gasteiger partial charge in [0.15, 0.2) is 0 Å². The molecule has 0 saturated carbocycles. The van der Waals surface area contributed by atoms with Crippen LogP contribution in [-0.2, 0) is 8.85 Å². The van der Waals surface area contributed by atoms with Gasteiger partial charge in [-0.25, -0.2) is 0 Å². The number of rotatable bonds is 9. The molecule has 0 amide bonds. The summed E-state index contributed by atoms with van der Waals surface area (Å²) in [6.07, 6.45) is 1.11. The molecule has 3 nitrogen and oxygen atoms in total. The lowest BCUT2D eigenvalue weighted by Crippen LogP contribution is -2.59. The van der Waals surface area contributed by atoms with Gasteiger partial charge in [0.2, 0.25) is 0 Å². The summed E-state index contributed by atoms with van der Waals surface area (Å²) in [5.74, 6) is 1.28. The van der Waals surface area contributed by atoms with E-state index in [0.29, 0.717) is 11.8 Å². The first kappa shape index (κ1) is 17.1. The Hall–Kier alpha value is 0.0969. The van der Waals surface area contributed by atoms with E-state index < -0.39 is 8.72 Å². The molecule has 17 heavy (non-hydrogen) atoms. The van der Waals surface area contributed by atoms with Gasteiger partial charge in [-0.15, -0.1) is 0 Å². The van der Waals surface area contributed by atoms with Crippen LogP contribution in [0.2, 0.25) is 6.04 Å². The van der Waals surface area contributed by atoms with E-state index in [-0.39, 0.29) is 0 Å². The summed E-state index contributed by atoms with van der Waals surface area (Å²) in [7, 11) is 1.44. The summed E-state index contributed by atoms with van der Waals surface area (Å²) >= 11 is 0. The molecule has 0 spiro atoms. The zero-order valence-electron chi connectivity index (χ0n) is 12.7. The van der Waals surface area contributed by atoms with E-state index >= 15 is 0 Å². The standard InChI is InChI=1S/C13H31NO2Si/c1-8-9-17(15-6,16-7)14(10-12(2)3)11-13(4)5/h12-13H,8-11H2,1-7H3. The summed E-state index contributed by atoms with van der Waals surface area (Å²) in [6.45, 7) is 13.3. The van der Waals surface area contributed by atoms with Crippen LogP contribution in [0.15, 0.2) is 0 Å². The van der Waals surface area contributed by atoms with Crippen LogP contribution >= 0.6 is 0 Å². The average molecular weight is 261 g/mol. The molecule has 0 aliphatic rings. The van der Waals surface area contributed by atoms with Crippen LogP contribution in [0.25, 0.3) is 0 Å². The largest absolute Gasteiger partial charge is 0.427 e. The Morgan fingerprint density at radius 1 is 0.941 bits per heavy atom. The van der Waals surface area contributed by atoms with Crippen molar-refractivity contribution in [1.82, 2.24) is 4.57 Å². The molecule has 0 radical (unpaired) electrons. The molecule has 0 aliphatic heterocycles. The summed E-state index contributed by atoms with van der Waals surface area (Å²) in [6, 6.07) is 1.04. The predicted octanol–water partition coefficient (Wildman–Crippen LogP) is 3.24. The molecule has 0 unspecified atom stereocenters. The number of nitrogens with zero attached hydrogens (tertiary/aromatic N) is 1. The highest BCUT2D eigenvalue weighted by molar-refractivity contribution is 6.64. The third-order valence-electron chi connectivity index (χ3n) is 2.86. The van der Waals surface area contributed by atoms with Crippen LogP contribution in [-0.4, -0.2) is 40.6 Å². The molecule has 0 saturated heterocycles. The second kappa shape index (κ2) is 8.24. The van der Waals surface area contributed by atoms with E-state index in [4.69, 9.17) is 8.85 Å². The van der Waals surface area contributed by atoms with Gasteiger partial charge >= 0.3 is 8.72 Å². The van der Waals surface area contributed by atoms with Crippen LogP contribution in [0.3, 0.4) is 0 Å². The van der Waals surface area contributed by atoms with Crippen molar-refractivity contribution in [2.45, 2.75) is 47.1 Å². The molecule has 0 fully saturated rings. The van der Waals surface area contributed by atoms with E-state index in [9.17, 15) is 0 Å². The van der Waals surface area contributed by atoms with Crippen LogP contribution < -0.4 is 0 Å². The van der Waals surface area contributed by atoms with Crippen molar-refractivity contribution in [2.75, 3.05) is 27.3 Å². The van der Waals surface area contributed by atoms with Crippen molar-refractivity contribution in [2.24, 2.45) is 11.8 Å². The van der Waals surface area contributed by atoms with E-state index in [2.05, 4.69) is 39.2 Å². The molecule has 0 heterocycles. The Bertz CT molecular complexity index is 184. The van der Waals surface area contributed by atoms with E-state index in [0.717, 1.165) is 25.6 Å². The molecule has 0 atom stereocenters. The maximum atomic E-state index is 5.83. The van der Waals surface area contributed by atoms with Crippen molar-refractivity contribution in [3.63, 3.8) is 0 Å². The van der Waals surface area contributed by atoms with Gasteiger partial charge in [0.1, 0.15) is 0 Å². The Balaban J connectivity index is 4.90. The van der Waals surface area contributed by atoms with E-state index in [1.807, 2.05) is 0 Å². The molecule has 0 aromatic rings. The van der Waals surface area contributed by atoms with E-state index in [1.54, 1.807) is 14.2 Å². The first-order valence-electron chi connectivity index (χ1n) is 6.77. The third kappa shape index (κ3) is 5.51. The Morgan fingerprint density at radius 2 is 1.35 bits per heavy atom. The van der Waals surface area contributed by atoms with Crippen LogP contribution in [0.4, 0.5) is 0 Å². The van der Waals surface area contributed by atoms with Gasteiger partial charge in [-0.3, -0.25) is 4.57 Å². The maximum absolute atomic E-state index is 5.83. The lowest BCUT2D eigenvalue weighted by Gasteiger charge is -2.40. The zero-order chi connectivity index (χ0) is 13.5. The molecule has 0 bridgehead atoms. The quantitative estimate of drug-likeness (QED) is 0.595. The summed E-state index contributed by atoms with van der Waals surface area (Å²) in [5, 5.41) is 0. The summed E-state index contributed by atoms with van der Waals surface area (Å²) < 4.78 is 14.1. The molecule has 0 rings (SSSR count). The van der Waals surface area contributed by atoms with Crippen LogP contribution in [0.5, 0.6) is 0 Å². The van der Waals surface area contributed by atoms with Gasteiger partial charge in [-0.2, -0.15) is 0 Å². The highest BCUT2D eigenvalue weighted by atomic mass is 28.4. The minimum atomic E-state index is -2.17. The Kier molecular flexibility index (Phi) is 8.29. The summed E-state index contributed by atoms with van der Waals surface area (Å²) in [4.78, 5) is 0. The van der Waals surface area contributed by atoms with Crippen molar-refractivity contribution in [1.29, 1.82) is 0 Å². The van der Waals surface area contributed by atoms with Crippen molar-refractivity contribution < 1.29 is 8.85 Å². The fourth-order valence-electron chi connectivity index (χ4n) is 2.25. The molecule has 0 N–H and O–H groups in total. The molecule has 104 valence electrons. The van der Waals surface area contributed by atoms with Gasteiger partial charge in [0.05, 0.1) is 0 Å². The van der Waals surface area contributed by atoms with Gasteiger partial charge in [0, 0.05) is 20.3 Å². The molecule has 4 heteroatoms. The van der Waals surface area contributed by atoms with Gasteiger partial charge in [-0.1, -0.05) is 41.0 Å². The van der Waals surface area contributed by atoms with Gasteiger partial charge in [0.25, 0.3) is 0 Å². The summed E-state index contributed by atoms with van der Waals surface area (Å²) in [5.41, 5.74) is 0. The van der Waals surface area contributed by atoms with E-state index in [1.165, 1.54) is 0 Å². The van der Waals surface area contributed by atoms with Crippen molar-refractivity contribution in [3.05, 3.63) is 0 Å². The molecule has 0 aromatic carbocycles. The van der Waals surface area contributed by atoms with Crippen LogP contribution in [0.1, 0.15) is 41.0 Å². The zero-order valence-corrected chi connectivity index (χ0v) is 13.7. The first-order chi connectivity index (χ1) is 7.91. The lowest BCUT2D eigenvalue weighted by atomic mass is 10.2. The van der Waals surface area contributed by atoms with Gasteiger partial charge in [-0.05, 0) is 24.9 Å². The second-order valence-electron chi connectivity index (χ2n) is 5.56.